The molecule has 0 heterocycles. The molecule has 1 aromatic carbocycles. The molecular formula is C15H21NO4. The third-order valence-corrected chi connectivity index (χ3v) is 1.98. The summed E-state index contributed by atoms with van der Waals surface area (Å²) in [6.07, 6.45) is -0.173. The Morgan fingerprint density at radius 3 is 2.15 bits per heavy atom. The van der Waals surface area contributed by atoms with E-state index >= 15 is 0 Å². The van der Waals surface area contributed by atoms with Crippen molar-refractivity contribution in [2.75, 3.05) is 6.61 Å². The van der Waals surface area contributed by atoms with Crippen LogP contribution >= 0.6 is 0 Å². The molecule has 0 bridgehead atoms. The Bertz CT molecular complexity index is 436. The van der Waals surface area contributed by atoms with Gasteiger partial charge in [0.2, 0.25) is 0 Å². The van der Waals surface area contributed by atoms with E-state index in [1.807, 2.05) is 37.3 Å². The number of Topliss-reactive ketones (excluding diaryl/α,β-unsaturated/α-hetero) is 1. The van der Waals surface area contributed by atoms with Gasteiger partial charge in [0.1, 0.15) is 0 Å². The number of ketones is 1. The van der Waals surface area contributed by atoms with Gasteiger partial charge in [-0.1, -0.05) is 42.4 Å². The average molecular weight is 279 g/mol. The number of hydrogen-bond acceptors (Lipinski definition) is 5. The first-order valence-electron chi connectivity index (χ1n) is 6.44. The Labute approximate surface area is 119 Å². The minimum atomic E-state index is -0.760. The van der Waals surface area contributed by atoms with Gasteiger partial charge in [-0.25, -0.2) is 4.79 Å². The van der Waals surface area contributed by atoms with E-state index in [1.54, 1.807) is 20.8 Å². The number of ether oxygens (including phenoxy) is 1. The largest absolute Gasteiger partial charge is 0.535 e. The second-order valence-corrected chi connectivity index (χ2v) is 3.96. The Balaban J connectivity index is 0.000000361. The first-order chi connectivity index (χ1) is 9.51. The lowest BCUT2D eigenvalue weighted by molar-refractivity contribution is 0.0612. The summed E-state index contributed by atoms with van der Waals surface area (Å²) in [5.74, 6) is 0.209. The standard InChI is InChI=1S/C9H10O.C6H11NO3/c1-2-9(10)8-6-4-3-5-7-8;1-4-9-6(8)10-7-5(2)3/h3-7H,2H2,1H3;4H2,1-3H3. The quantitative estimate of drug-likeness (QED) is 0.276. The lowest BCUT2D eigenvalue weighted by Gasteiger charge is -1.96. The molecular weight excluding hydrogens is 258 g/mol. The summed E-state index contributed by atoms with van der Waals surface area (Å²) < 4.78 is 4.42. The molecule has 0 amide bonds. The van der Waals surface area contributed by atoms with Gasteiger partial charge in [-0.15, -0.1) is 0 Å². The van der Waals surface area contributed by atoms with Crippen molar-refractivity contribution in [1.82, 2.24) is 0 Å². The first kappa shape index (κ1) is 17.8. The topological polar surface area (TPSA) is 65.0 Å². The molecule has 0 saturated heterocycles. The van der Waals surface area contributed by atoms with E-state index in [1.165, 1.54) is 0 Å². The average Bonchev–Trinajstić information content (AvgIpc) is 2.46. The molecule has 0 spiro atoms. The summed E-state index contributed by atoms with van der Waals surface area (Å²) in [6.45, 7) is 7.31. The minimum Gasteiger partial charge on any atom is -0.433 e. The number of benzene rings is 1. The fraction of sp³-hybridized carbons (Fsp3) is 0.400. The highest BCUT2D eigenvalue weighted by Crippen LogP contribution is 2.01. The lowest BCUT2D eigenvalue weighted by atomic mass is 10.1. The molecule has 5 nitrogen and oxygen atoms in total. The molecule has 0 N–H and O–H groups in total. The van der Waals surface area contributed by atoms with E-state index in [-0.39, 0.29) is 5.78 Å². The summed E-state index contributed by atoms with van der Waals surface area (Å²) in [5.41, 5.74) is 1.48. The number of rotatable bonds is 4. The van der Waals surface area contributed by atoms with Crippen LogP contribution in [0.15, 0.2) is 35.5 Å². The zero-order valence-electron chi connectivity index (χ0n) is 12.4. The van der Waals surface area contributed by atoms with Gasteiger partial charge in [0, 0.05) is 12.0 Å². The summed E-state index contributed by atoms with van der Waals surface area (Å²) in [5, 5.41) is 3.39. The maximum atomic E-state index is 11.0. The second kappa shape index (κ2) is 10.7. The van der Waals surface area contributed by atoms with E-state index in [0.29, 0.717) is 18.7 Å². The predicted octanol–water partition coefficient (Wildman–Crippen LogP) is 3.83. The van der Waals surface area contributed by atoms with Gasteiger partial charge >= 0.3 is 6.16 Å². The lowest BCUT2D eigenvalue weighted by Crippen LogP contribution is -2.03. The van der Waals surface area contributed by atoms with Crippen LogP contribution in [0.5, 0.6) is 0 Å². The Kier molecular flexibility index (Phi) is 9.56. The Morgan fingerprint density at radius 2 is 1.70 bits per heavy atom. The summed E-state index contributed by atoms with van der Waals surface area (Å²) in [7, 11) is 0. The van der Waals surface area contributed by atoms with Gasteiger partial charge in [0.25, 0.3) is 0 Å². The van der Waals surface area contributed by atoms with Crippen LogP contribution in [0.2, 0.25) is 0 Å². The molecule has 1 aromatic rings. The van der Waals surface area contributed by atoms with Gasteiger partial charge in [-0.05, 0) is 20.8 Å². The maximum absolute atomic E-state index is 11.0. The SMILES string of the molecule is CCC(=O)c1ccccc1.CCOC(=O)ON=C(C)C. The van der Waals surface area contributed by atoms with Crippen LogP contribution in [0.1, 0.15) is 44.5 Å². The van der Waals surface area contributed by atoms with Gasteiger partial charge in [0.05, 0.1) is 12.3 Å². The molecule has 20 heavy (non-hydrogen) atoms. The third kappa shape index (κ3) is 8.85. The van der Waals surface area contributed by atoms with E-state index in [2.05, 4.69) is 14.7 Å². The number of carbonyl (C=O) groups is 2. The van der Waals surface area contributed by atoms with Crippen molar-refractivity contribution in [2.45, 2.75) is 34.1 Å². The van der Waals surface area contributed by atoms with Crippen LogP contribution < -0.4 is 0 Å². The number of oxime groups is 1. The molecule has 0 saturated carbocycles. The Morgan fingerprint density at radius 1 is 1.10 bits per heavy atom. The van der Waals surface area contributed by atoms with Crippen LogP contribution in [0.25, 0.3) is 0 Å². The molecule has 0 aromatic heterocycles. The third-order valence-electron chi connectivity index (χ3n) is 1.98. The molecule has 0 aliphatic rings. The molecule has 0 fully saturated rings. The van der Waals surface area contributed by atoms with Crippen molar-refractivity contribution in [2.24, 2.45) is 5.16 Å². The van der Waals surface area contributed by atoms with Crippen LogP contribution in [0.4, 0.5) is 4.79 Å². The molecule has 5 heteroatoms. The first-order valence-corrected chi connectivity index (χ1v) is 6.44. The van der Waals surface area contributed by atoms with Crippen LogP contribution in [0, 0.1) is 0 Å². The van der Waals surface area contributed by atoms with Gasteiger partial charge in [-0.2, -0.15) is 0 Å². The van der Waals surface area contributed by atoms with Crippen molar-refractivity contribution in [3.8, 4) is 0 Å². The van der Waals surface area contributed by atoms with Crippen molar-refractivity contribution in [1.29, 1.82) is 0 Å². The molecule has 0 unspecified atom stereocenters. The smallest absolute Gasteiger partial charge is 0.433 e. The van der Waals surface area contributed by atoms with Crippen molar-refractivity contribution in [3.05, 3.63) is 35.9 Å². The predicted molar refractivity (Wildman–Crippen MR) is 78.0 cm³/mol. The molecule has 1 rings (SSSR count). The monoisotopic (exact) mass is 279 g/mol. The fourth-order valence-corrected chi connectivity index (χ4v) is 1.10. The highest BCUT2D eigenvalue weighted by molar-refractivity contribution is 5.95. The second-order valence-electron chi connectivity index (χ2n) is 3.96. The summed E-state index contributed by atoms with van der Waals surface area (Å²) in [4.78, 5) is 25.7. The molecule has 0 aliphatic heterocycles. The van der Waals surface area contributed by atoms with Crippen molar-refractivity contribution < 1.29 is 19.2 Å². The van der Waals surface area contributed by atoms with Crippen LogP contribution in [0.3, 0.4) is 0 Å². The molecule has 0 aliphatic carbocycles. The number of carbonyl (C=O) groups excluding carboxylic acids is 2. The minimum absolute atomic E-state index is 0.209. The number of nitrogens with zero attached hydrogens (tertiary/aromatic N) is 1. The Hall–Kier alpha value is -2.17. The normalized spacial score (nSPS) is 8.80. The zero-order chi connectivity index (χ0) is 15.4. The van der Waals surface area contributed by atoms with E-state index in [0.717, 1.165) is 5.56 Å². The fourth-order valence-electron chi connectivity index (χ4n) is 1.10. The highest BCUT2D eigenvalue weighted by Gasteiger charge is 1.99. The van der Waals surface area contributed by atoms with Crippen molar-refractivity contribution >= 4 is 17.7 Å². The van der Waals surface area contributed by atoms with E-state index in [9.17, 15) is 9.59 Å². The van der Waals surface area contributed by atoms with Gasteiger partial charge in [-0.3, -0.25) is 9.63 Å². The van der Waals surface area contributed by atoms with E-state index < -0.39 is 6.16 Å². The maximum Gasteiger partial charge on any atom is 0.535 e. The zero-order valence-corrected chi connectivity index (χ0v) is 12.4. The van der Waals surface area contributed by atoms with Gasteiger partial charge < -0.3 is 4.74 Å². The summed E-state index contributed by atoms with van der Waals surface area (Å²) >= 11 is 0. The van der Waals surface area contributed by atoms with Crippen LogP contribution in [-0.2, 0) is 9.57 Å². The van der Waals surface area contributed by atoms with E-state index in [4.69, 9.17) is 0 Å². The summed E-state index contributed by atoms with van der Waals surface area (Å²) in [6, 6.07) is 9.34. The van der Waals surface area contributed by atoms with Gasteiger partial charge in [0.15, 0.2) is 5.78 Å². The van der Waals surface area contributed by atoms with Crippen molar-refractivity contribution in [3.63, 3.8) is 0 Å². The van der Waals surface area contributed by atoms with Crippen LogP contribution in [-0.4, -0.2) is 24.3 Å². The molecule has 0 atom stereocenters. The highest BCUT2D eigenvalue weighted by atomic mass is 16.8. The number of hydrogen-bond donors (Lipinski definition) is 0. The molecule has 110 valence electrons. The molecule has 0 radical (unpaired) electrons.